The SMILES string of the molecule is COC(=O)Oc1cc(Cl)c(Cl)c(C(=O)N(C)CCCN(CC(=O)NC(C(=O)NC2C(=O)N3C2SC(C)(C)C3C(=O)O)c2ccccc2)C(=O)c2c(Cl)c(Cl)cc(OC(=O)OC)c2OC(=O)OC)c1OC(=O)OC. The number of nitrogens with zero attached hydrogens (tertiary/aromatic N) is 3. The smallest absolute Gasteiger partial charge is 0.480 e. The van der Waals surface area contributed by atoms with Gasteiger partial charge in [0.2, 0.25) is 17.7 Å². The van der Waals surface area contributed by atoms with Crippen LogP contribution in [0.2, 0.25) is 20.1 Å². The standard InChI is InChI=1S/C44H43Cl4N5O19S/c1-44(2)33(39(59)60)53-37(58)30(38(53)73-44)50-34(55)29(19-12-9-8-10-13-19)49-24(54)18-52(36(57)26-28(48)21(46)17-23(70-41(62)66-5)32(26)72-43(64)68-7)15-11-14-51(3)35(56)25-27(47)20(45)16-22(69-40(61)65-4)31(25)71-42(63)67-6/h8-10,12-13,16-17,29-30,33,38H,11,14-15,18H2,1-7H3,(H,49,54)(H,50,55)(H,59,60). The number of hydrogen-bond acceptors (Lipinski definition) is 19. The van der Waals surface area contributed by atoms with E-state index in [1.54, 1.807) is 32.0 Å². The van der Waals surface area contributed by atoms with E-state index in [1.807, 2.05) is 0 Å². The summed E-state index contributed by atoms with van der Waals surface area (Å²) in [5.74, 6) is -8.83. The van der Waals surface area contributed by atoms with E-state index in [0.717, 1.165) is 50.4 Å². The Morgan fingerprint density at radius 3 is 1.70 bits per heavy atom. The number of ether oxygens (including phenoxy) is 8. The number of carbonyl (C=O) groups is 10. The molecule has 392 valence electrons. The van der Waals surface area contributed by atoms with E-state index >= 15 is 0 Å². The Labute approximate surface area is 438 Å². The number of nitrogens with one attached hydrogen (secondary N) is 2. The topological polar surface area (TPSA) is 299 Å². The molecule has 3 N–H and O–H groups in total. The number of carboxylic acid groups (broad SMARTS) is 1. The van der Waals surface area contributed by atoms with Gasteiger partial charge in [0.1, 0.15) is 34.6 Å². The molecule has 0 aromatic heterocycles. The van der Waals surface area contributed by atoms with Gasteiger partial charge < -0.3 is 68.3 Å². The molecule has 4 atom stereocenters. The highest BCUT2D eigenvalue weighted by molar-refractivity contribution is 8.01. The number of thioether (sulfide) groups is 1. The number of carboxylic acids is 1. The Hall–Kier alpha value is -6.93. The van der Waals surface area contributed by atoms with Crippen molar-refractivity contribution < 1.29 is 90.9 Å². The minimum atomic E-state index is -1.55. The van der Waals surface area contributed by atoms with Crippen LogP contribution >= 0.6 is 58.2 Å². The Morgan fingerprint density at radius 1 is 0.740 bits per heavy atom. The molecule has 4 unspecified atom stereocenters. The highest BCUT2D eigenvalue weighted by atomic mass is 35.5. The summed E-state index contributed by atoms with van der Waals surface area (Å²) in [4.78, 5) is 135. The monoisotopic (exact) mass is 1120 g/mol. The lowest BCUT2D eigenvalue weighted by molar-refractivity contribution is -0.161. The highest BCUT2D eigenvalue weighted by Gasteiger charge is 2.64. The molecule has 2 fully saturated rings. The molecule has 5 rings (SSSR count). The molecule has 2 heterocycles. The van der Waals surface area contributed by atoms with Crippen molar-refractivity contribution in [1.29, 1.82) is 0 Å². The first-order valence-corrected chi connectivity index (χ1v) is 23.3. The molecule has 0 radical (unpaired) electrons. The first-order valence-electron chi connectivity index (χ1n) is 20.9. The molecule has 0 aliphatic carbocycles. The predicted octanol–water partition coefficient (Wildman–Crippen LogP) is 5.97. The lowest BCUT2D eigenvalue weighted by Crippen LogP contribution is -2.71. The summed E-state index contributed by atoms with van der Waals surface area (Å²) in [5.41, 5.74) is -1.14. The number of β-lactam (4-membered cyclic amide) rings is 1. The first kappa shape index (κ1) is 57.0. The number of carbonyl (C=O) groups excluding carboxylic acids is 9. The highest BCUT2D eigenvalue weighted by Crippen LogP contribution is 2.51. The third kappa shape index (κ3) is 12.8. The third-order valence-corrected chi connectivity index (χ3v) is 13.8. The van der Waals surface area contributed by atoms with E-state index in [4.69, 9.17) is 65.4 Å². The Kier molecular flexibility index (Phi) is 18.9. The van der Waals surface area contributed by atoms with Crippen LogP contribution in [0.5, 0.6) is 23.0 Å². The molecule has 3 aromatic rings. The molecule has 2 saturated heterocycles. The van der Waals surface area contributed by atoms with Crippen LogP contribution in [0, 0.1) is 0 Å². The number of methoxy groups -OCH3 is 4. The van der Waals surface area contributed by atoms with Gasteiger partial charge in [-0.2, -0.15) is 0 Å². The van der Waals surface area contributed by atoms with Crippen LogP contribution in [0.3, 0.4) is 0 Å². The third-order valence-electron chi connectivity index (χ3n) is 10.7. The molecule has 0 spiro atoms. The van der Waals surface area contributed by atoms with Crippen LogP contribution in [0.1, 0.15) is 52.6 Å². The number of halogens is 4. The van der Waals surface area contributed by atoms with Gasteiger partial charge in [0.25, 0.3) is 11.8 Å². The molecule has 5 amide bonds. The number of rotatable bonds is 17. The molecule has 0 bridgehead atoms. The minimum Gasteiger partial charge on any atom is -0.480 e. The van der Waals surface area contributed by atoms with Gasteiger partial charge in [0, 0.05) is 37.0 Å². The predicted molar refractivity (Wildman–Crippen MR) is 256 cm³/mol. The number of hydrogen-bond donors (Lipinski definition) is 3. The normalized spacial score (nSPS) is 16.5. The summed E-state index contributed by atoms with van der Waals surface area (Å²) < 4.78 is 37.8. The van der Waals surface area contributed by atoms with E-state index in [0.29, 0.717) is 0 Å². The summed E-state index contributed by atoms with van der Waals surface area (Å²) in [5, 5.41) is 12.5. The van der Waals surface area contributed by atoms with Crippen LogP contribution < -0.4 is 29.6 Å². The van der Waals surface area contributed by atoms with Crippen LogP contribution in [0.15, 0.2) is 42.5 Å². The summed E-state index contributed by atoms with van der Waals surface area (Å²) in [6.45, 7) is 1.52. The average Bonchev–Trinajstić information content (AvgIpc) is 3.61. The van der Waals surface area contributed by atoms with Crippen molar-refractivity contribution in [2.75, 3.05) is 55.1 Å². The fraction of sp³-hybridized carbons (Fsp3) is 0.364. The van der Waals surface area contributed by atoms with Gasteiger partial charge in [0.15, 0.2) is 23.0 Å². The molecule has 0 saturated carbocycles. The Balaban J connectivity index is 1.51. The summed E-state index contributed by atoms with van der Waals surface area (Å²) in [6.07, 6.45) is -5.72. The lowest BCUT2D eigenvalue weighted by Gasteiger charge is -2.44. The van der Waals surface area contributed by atoms with E-state index in [2.05, 4.69) is 29.6 Å². The van der Waals surface area contributed by atoms with Crippen molar-refractivity contribution in [2.24, 2.45) is 0 Å². The Bertz CT molecular complexity index is 2730. The number of amides is 5. The first-order chi connectivity index (χ1) is 34.4. The van der Waals surface area contributed by atoms with Gasteiger partial charge >= 0.3 is 30.6 Å². The van der Waals surface area contributed by atoms with E-state index in [9.17, 15) is 53.1 Å². The zero-order chi connectivity index (χ0) is 54.2. The fourth-order valence-corrected chi connectivity index (χ4v) is 9.79. The summed E-state index contributed by atoms with van der Waals surface area (Å²) in [6, 6.07) is 5.70. The second-order valence-electron chi connectivity index (χ2n) is 15.8. The van der Waals surface area contributed by atoms with Crippen molar-refractivity contribution in [3.8, 4) is 23.0 Å². The molecule has 2 aliphatic heterocycles. The van der Waals surface area contributed by atoms with Crippen LogP contribution in [-0.4, -0.2) is 157 Å². The average molecular weight is 1120 g/mol. The van der Waals surface area contributed by atoms with Gasteiger partial charge in [0.05, 0.1) is 55.1 Å². The van der Waals surface area contributed by atoms with Crippen LogP contribution in [-0.2, 0) is 38.1 Å². The molecule has 73 heavy (non-hydrogen) atoms. The van der Waals surface area contributed by atoms with Crippen LogP contribution in [0.4, 0.5) is 19.2 Å². The van der Waals surface area contributed by atoms with Gasteiger partial charge in [-0.25, -0.2) is 24.0 Å². The second kappa shape index (κ2) is 24.2. The quantitative estimate of drug-likeness (QED) is 0.0606. The van der Waals surface area contributed by atoms with E-state index in [-0.39, 0.29) is 23.6 Å². The minimum absolute atomic E-state index is 0.212. The molecule has 3 aromatic carbocycles. The second-order valence-corrected chi connectivity index (χ2v) is 19.1. The molecular weight excluding hydrogens is 1080 g/mol. The number of benzene rings is 3. The van der Waals surface area contributed by atoms with Crippen molar-refractivity contribution in [1.82, 2.24) is 25.3 Å². The van der Waals surface area contributed by atoms with Crippen molar-refractivity contribution >= 4 is 118 Å². The van der Waals surface area contributed by atoms with E-state index < -0.39 is 151 Å². The molecule has 2 aliphatic rings. The maximum atomic E-state index is 14.9. The number of fused-ring (bicyclic) bond motifs is 1. The van der Waals surface area contributed by atoms with Crippen molar-refractivity contribution in [3.05, 3.63) is 79.2 Å². The van der Waals surface area contributed by atoms with Crippen LogP contribution in [0.25, 0.3) is 0 Å². The van der Waals surface area contributed by atoms with Crippen molar-refractivity contribution in [2.45, 2.75) is 48.5 Å². The largest absolute Gasteiger partial charge is 0.513 e. The summed E-state index contributed by atoms with van der Waals surface area (Å²) in [7, 11) is 5.03. The summed E-state index contributed by atoms with van der Waals surface area (Å²) >= 11 is 26.9. The zero-order valence-corrected chi connectivity index (χ0v) is 43.1. The van der Waals surface area contributed by atoms with Crippen molar-refractivity contribution in [3.63, 3.8) is 0 Å². The fourth-order valence-electron chi connectivity index (χ4n) is 7.33. The maximum absolute atomic E-state index is 14.9. The zero-order valence-electron chi connectivity index (χ0n) is 39.2. The van der Waals surface area contributed by atoms with E-state index in [1.165, 1.54) is 35.8 Å². The maximum Gasteiger partial charge on any atom is 0.513 e. The lowest BCUT2D eigenvalue weighted by atomic mass is 9.95. The molecular formula is C44H43Cl4N5O19S. The van der Waals surface area contributed by atoms with Gasteiger partial charge in [-0.1, -0.05) is 76.7 Å². The number of aliphatic carboxylic acids is 1. The van der Waals surface area contributed by atoms with Gasteiger partial charge in [-0.3, -0.25) is 24.0 Å². The molecule has 29 heteroatoms. The van der Waals surface area contributed by atoms with Gasteiger partial charge in [-0.05, 0) is 25.8 Å². The Morgan fingerprint density at radius 2 is 1.22 bits per heavy atom. The van der Waals surface area contributed by atoms with Gasteiger partial charge in [-0.15, -0.1) is 11.8 Å². The molecule has 24 nitrogen and oxygen atoms in total.